The zero-order valence-corrected chi connectivity index (χ0v) is 38.3. The largest absolute Gasteiger partial charge is 0.456 e. The molecular weight excluding hydrogens is 879 g/mol. The molecule has 0 N–H and O–H groups in total. The van der Waals surface area contributed by atoms with Gasteiger partial charge >= 0.3 is 0 Å². The third kappa shape index (κ3) is 5.45. The minimum Gasteiger partial charge on any atom is -0.456 e. The number of nitrogens with zero attached hydrogens (tertiary/aromatic N) is 9. The van der Waals surface area contributed by atoms with E-state index in [0.29, 0.717) is 29.3 Å². The molecule has 10 nitrogen and oxygen atoms in total. The lowest BCUT2D eigenvalue weighted by atomic mass is 10.1. The van der Waals surface area contributed by atoms with Crippen molar-refractivity contribution in [2.45, 2.75) is 0 Å². The Kier molecular flexibility index (Phi) is 8.15. The van der Waals surface area contributed by atoms with Gasteiger partial charge in [-0.1, -0.05) is 164 Å². The molecule has 0 amide bonds. The van der Waals surface area contributed by atoms with Crippen molar-refractivity contribution in [2.75, 3.05) is 0 Å². The Morgan fingerprint density at radius 3 is 1.40 bits per heavy atom. The first-order chi connectivity index (χ1) is 34.7. The molecule has 0 radical (unpaired) electrons. The van der Waals surface area contributed by atoms with E-state index < -0.39 is 8.07 Å². The smallest absolute Gasteiger partial charge is 0.242 e. The summed E-state index contributed by atoms with van der Waals surface area (Å²) in [5.41, 5.74) is 10.2. The Hall–Kier alpha value is -9.45. The lowest BCUT2D eigenvalue weighted by molar-refractivity contribution is 0.669. The summed E-state index contributed by atoms with van der Waals surface area (Å²) in [6, 6.07) is 79.1. The maximum Gasteiger partial charge on any atom is 0.242 e. The summed E-state index contributed by atoms with van der Waals surface area (Å²) in [6.45, 7) is 0. The van der Waals surface area contributed by atoms with Crippen LogP contribution in [0.15, 0.2) is 229 Å². The molecule has 9 aromatic carbocycles. The van der Waals surface area contributed by atoms with Crippen LogP contribution in [0.5, 0.6) is 0 Å². The highest BCUT2D eigenvalue weighted by Crippen LogP contribution is 2.33. The molecule has 15 rings (SSSR count). The van der Waals surface area contributed by atoms with Gasteiger partial charge in [-0.2, -0.15) is 15.0 Å². The van der Waals surface area contributed by atoms with E-state index in [1.54, 1.807) is 0 Å². The molecule has 0 atom stereocenters. The molecule has 6 heterocycles. The molecular formula is C59H37N9OSi. The van der Waals surface area contributed by atoms with Gasteiger partial charge in [0.2, 0.25) is 23.5 Å². The van der Waals surface area contributed by atoms with Crippen molar-refractivity contribution < 1.29 is 4.42 Å². The Morgan fingerprint density at radius 1 is 0.329 bits per heavy atom. The van der Waals surface area contributed by atoms with Gasteiger partial charge < -0.3 is 4.42 Å². The van der Waals surface area contributed by atoms with Gasteiger partial charge in [-0.15, -0.1) is 0 Å². The summed E-state index contributed by atoms with van der Waals surface area (Å²) in [4.78, 5) is 26.9. The van der Waals surface area contributed by atoms with E-state index in [4.69, 9.17) is 29.3 Å². The van der Waals surface area contributed by atoms with Crippen LogP contribution in [0.1, 0.15) is 0 Å². The highest BCUT2D eigenvalue weighted by atomic mass is 28.3. The fourth-order valence-electron chi connectivity index (χ4n) is 11.0. The lowest BCUT2D eigenvalue weighted by Gasteiger charge is -2.34. The molecule has 0 bridgehead atoms. The zero-order chi connectivity index (χ0) is 45.9. The van der Waals surface area contributed by atoms with Gasteiger partial charge in [0.25, 0.3) is 0 Å². The van der Waals surface area contributed by atoms with Crippen molar-refractivity contribution in [1.29, 1.82) is 0 Å². The monoisotopic (exact) mass is 915 g/mol. The van der Waals surface area contributed by atoms with Crippen LogP contribution in [0.4, 0.5) is 0 Å². The van der Waals surface area contributed by atoms with Gasteiger partial charge in [0, 0.05) is 16.3 Å². The van der Waals surface area contributed by atoms with Crippen LogP contribution in [0.2, 0.25) is 0 Å². The highest BCUT2D eigenvalue weighted by Gasteiger charge is 2.42. The molecule has 70 heavy (non-hydrogen) atoms. The van der Waals surface area contributed by atoms with Crippen LogP contribution in [0.3, 0.4) is 0 Å². The number of furan rings is 1. The third-order valence-electron chi connectivity index (χ3n) is 14.0. The van der Waals surface area contributed by atoms with E-state index in [1.165, 1.54) is 20.7 Å². The van der Waals surface area contributed by atoms with Gasteiger partial charge in [0.15, 0.2) is 13.9 Å². The normalized spacial score (nSPS) is 12.3. The number of fused-ring (bicyclic) bond motifs is 13. The minimum absolute atomic E-state index is 0.436. The predicted molar refractivity (Wildman–Crippen MR) is 282 cm³/mol. The van der Waals surface area contributed by atoms with Crippen molar-refractivity contribution in [3.8, 4) is 23.3 Å². The lowest BCUT2D eigenvalue weighted by Crippen LogP contribution is -2.74. The number of benzene rings is 9. The van der Waals surface area contributed by atoms with E-state index in [1.807, 2.05) is 48.5 Å². The summed E-state index contributed by atoms with van der Waals surface area (Å²) in [7, 11) is -3.11. The molecule has 0 spiro atoms. The topological polar surface area (TPSA) is 96.3 Å². The number of hydrogen-bond donors (Lipinski definition) is 0. The molecule has 6 aromatic heterocycles. The van der Waals surface area contributed by atoms with E-state index >= 15 is 0 Å². The van der Waals surface area contributed by atoms with Crippen molar-refractivity contribution in [3.63, 3.8) is 0 Å². The molecule has 0 aliphatic rings. The van der Waals surface area contributed by atoms with Crippen LogP contribution >= 0.6 is 0 Å². The highest BCUT2D eigenvalue weighted by molar-refractivity contribution is 7.20. The molecule has 0 aliphatic heterocycles. The van der Waals surface area contributed by atoms with Crippen molar-refractivity contribution in [1.82, 2.24) is 42.9 Å². The standard InChI is InChI=1S/C59H37N9OSi/c1-3-19-39(20-4-1)70(40-21-5-2-6-22-40,42-34-35-54-44(37-42)43-24-7-16-33-53(43)69-54)41-23-17-18-38(36-41)55-62-56(67-51-31-14-12-29-49(51)65-47-27-10-8-25-45(47)60-58(65)67)64-57(63-55)68-52-32-15-13-30-50(52)66-48-28-11-9-26-46(48)61-59(66)68/h1-37H. The second-order valence-electron chi connectivity index (χ2n) is 17.8. The number of hydrogen-bond acceptors (Lipinski definition) is 6. The van der Waals surface area contributed by atoms with Crippen LogP contribution in [-0.2, 0) is 0 Å². The minimum atomic E-state index is -3.11. The van der Waals surface area contributed by atoms with E-state index in [2.05, 4.69) is 194 Å². The fraction of sp³-hybridized carbons (Fsp3) is 0. The summed E-state index contributed by atoms with van der Waals surface area (Å²) >= 11 is 0. The number of para-hydroxylation sites is 9. The van der Waals surface area contributed by atoms with Crippen LogP contribution < -0.4 is 20.7 Å². The molecule has 0 fully saturated rings. The zero-order valence-electron chi connectivity index (χ0n) is 37.3. The van der Waals surface area contributed by atoms with Crippen LogP contribution in [0, 0.1) is 0 Å². The van der Waals surface area contributed by atoms with Gasteiger partial charge in [0.1, 0.15) is 11.2 Å². The Labute approximate surface area is 399 Å². The Bertz CT molecular complexity index is 4360. The molecule has 0 saturated heterocycles. The first kappa shape index (κ1) is 38.6. The van der Waals surface area contributed by atoms with Crippen molar-refractivity contribution in [2.24, 2.45) is 0 Å². The van der Waals surface area contributed by atoms with Crippen LogP contribution in [0.25, 0.3) is 101 Å². The number of aromatic nitrogens is 9. The fourth-order valence-corrected chi connectivity index (χ4v) is 15.8. The SMILES string of the molecule is c1ccc([Si](c2ccccc2)(c2cccc(-c3nc(-n4c5ccccc5n5c6ccccc6nc45)nc(-n4c5ccccc5n5c6ccccc6nc45)n3)c2)c2ccc3oc4ccccc4c3c2)cc1. The quantitative estimate of drug-likeness (QED) is 0.117. The summed E-state index contributed by atoms with van der Waals surface area (Å²) in [5.74, 6) is 2.79. The van der Waals surface area contributed by atoms with Gasteiger partial charge in [-0.25, -0.2) is 19.1 Å². The van der Waals surface area contributed by atoms with E-state index in [-0.39, 0.29) is 0 Å². The Balaban J connectivity index is 1.04. The second-order valence-corrected chi connectivity index (χ2v) is 21.6. The summed E-state index contributed by atoms with van der Waals surface area (Å²) in [6.07, 6.45) is 0. The molecule has 0 unspecified atom stereocenters. The average Bonchev–Trinajstić information content (AvgIpc) is 4.23. The van der Waals surface area contributed by atoms with E-state index in [9.17, 15) is 0 Å². The third-order valence-corrected chi connectivity index (χ3v) is 18.8. The van der Waals surface area contributed by atoms with Crippen molar-refractivity contribution in [3.05, 3.63) is 224 Å². The maximum atomic E-state index is 6.42. The Morgan fingerprint density at radius 2 is 0.800 bits per heavy atom. The molecule has 11 heteroatoms. The molecule has 15 aromatic rings. The second kappa shape index (κ2) is 14.8. The average molecular weight is 916 g/mol. The van der Waals surface area contributed by atoms with E-state index in [0.717, 1.165) is 71.6 Å². The molecule has 0 saturated carbocycles. The first-order valence-corrected chi connectivity index (χ1v) is 25.3. The van der Waals surface area contributed by atoms with Gasteiger partial charge in [0.05, 0.1) is 44.1 Å². The predicted octanol–water partition coefficient (Wildman–Crippen LogP) is 10.3. The van der Waals surface area contributed by atoms with Crippen molar-refractivity contribution >= 4 is 106 Å². The maximum absolute atomic E-state index is 6.42. The molecule has 0 aliphatic carbocycles. The van der Waals surface area contributed by atoms with Gasteiger partial charge in [-0.05, 0) is 81.4 Å². The molecule has 328 valence electrons. The number of imidazole rings is 4. The summed E-state index contributed by atoms with van der Waals surface area (Å²) < 4.78 is 14.9. The van der Waals surface area contributed by atoms with Gasteiger partial charge in [-0.3, -0.25) is 8.80 Å². The summed E-state index contributed by atoms with van der Waals surface area (Å²) in [5, 5.41) is 7.10. The number of rotatable bonds is 7. The first-order valence-electron chi connectivity index (χ1n) is 23.3. The van der Waals surface area contributed by atoms with Crippen LogP contribution in [-0.4, -0.2) is 50.9 Å².